The molecule has 0 saturated carbocycles. The van der Waals surface area contributed by atoms with Crippen molar-refractivity contribution in [1.29, 1.82) is 0 Å². The number of nitrogens with zero attached hydrogens (tertiary/aromatic N) is 2. The number of nitrogens with one attached hydrogen (secondary N) is 1. The van der Waals surface area contributed by atoms with E-state index >= 15 is 0 Å². The predicted molar refractivity (Wildman–Crippen MR) is 66.8 cm³/mol. The van der Waals surface area contributed by atoms with Crippen LogP contribution < -0.4 is 10.9 Å². The molecule has 1 aromatic heterocycles. The summed E-state index contributed by atoms with van der Waals surface area (Å²) < 4.78 is 2.43. The molecule has 0 radical (unpaired) electrons. The Hall–Kier alpha value is -0.430. The molecule has 0 bridgehead atoms. The first-order valence-electron chi connectivity index (χ1n) is 5.18. The van der Waals surface area contributed by atoms with Crippen LogP contribution in [0.15, 0.2) is 17.3 Å². The fourth-order valence-electron chi connectivity index (χ4n) is 1.90. The minimum Gasteiger partial charge on any atom is -0.317 e. The van der Waals surface area contributed by atoms with Crippen molar-refractivity contribution < 1.29 is 0 Å². The summed E-state index contributed by atoms with van der Waals surface area (Å²) in [5, 5.41) is 3.32. The Kier molecular flexibility index (Phi) is 3.74. The van der Waals surface area contributed by atoms with Crippen molar-refractivity contribution in [2.75, 3.05) is 13.1 Å². The van der Waals surface area contributed by atoms with Crippen molar-refractivity contribution in [1.82, 2.24) is 14.9 Å². The smallest absolute Gasteiger partial charge is 0.266 e. The molecule has 1 saturated heterocycles. The van der Waals surface area contributed by atoms with E-state index in [4.69, 9.17) is 0 Å². The largest absolute Gasteiger partial charge is 0.317 e. The molecule has 0 unspecified atom stereocenters. The Labute approximate surface area is 102 Å². The zero-order valence-electron chi connectivity index (χ0n) is 8.45. The quantitative estimate of drug-likeness (QED) is 0.822. The number of halogens is 1. The summed E-state index contributed by atoms with van der Waals surface area (Å²) in [5.41, 5.74) is 0.0872. The van der Waals surface area contributed by atoms with Crippen LogP contribution >= 0.6 is 22.6 Å². The first kappa shape index (κ1) is 11.1. The number of rotatable bonds is 2. The van der Waals surface area contributed by atoms with Gasteiger partial charge in [-0.15, -0.1) is 0 Å². The third kappa shape index (κ3) is 2.78. The zero-order valence-corrected chi connectivity index (χ0v) is 10.6. The fourth-order valence-corrected chi connectivity index (χ4v) is 2.37. The molecular formula is C10H14IN3O. The average Bonchev–Trinajstić information content (AvgIpc) is 2.26. The molecule has 0 aromatic carbocycles. The van der Waals surface area contributed by atoms with Gasteiger partial charge in [-0.25, -0.2) is 4.98 Å². The predicted octanol–water partition coefficient (Wildman–Crippen LogP) is 0.848. The van der Waals surface area contributed by atoms with E-state index in [0.717, 1.165) is 32.5 Å². The molecule has 1 N–H and O–H groups in total. The molecule has 0 aliphatic carbocycles. The lowest BCUT2D eigenvalue weighted by atomic mass is 9.98. The van der Waals surface area contributed by atoms with Gasteiger partial charge in [-0.2, -0.15) is 0 Å². The molecule has 5 heteroatoms. The van der Waals surface area contributed by atoms with Crippen LogP contribution in [0.5, 0.6) is 0 Å². The maximum atomic E-state index is 11.7. The Morgan fingerprint density at radius 3 is 3.00 bits per heavy atom. The van der Waals surface area contributed by atoms with Gasteiger partial charge < -0.3 is 5.32 Å². The van der Waals surface area contributed by atoms with Crippen LogP contribution in [0.25, 0.3) is 0 Å². The molecule has 2 heterocycles. The molecular weight excluding hydrogens is 305 g/mol. The summed E-state index contributed by atoms with van der Waals surface area (Å²) >= 11 is 2.04. The van der Waals surface area contributed by atoms with Crippen LogP contribution in [0, 0.1) is 9.49 Å². The highest BCUT2D eigenvalue weighted by Gasteiger charge is 2.14. The molecule has 82 valence electrons. The summed E-state index contributed by atoms with van der Waals surface area (Å²) in [7, 11) is 0. The zero-order chi connectivity index (χ0) is 10.7. The summed E-state index contributed by atoms with van der Waals surface area (Å²) in [6.07, 6.45) is 5.56. The molecule has 15 heavy (non-hydrogen) atoms. The first-order valence-corrected chi connectivity index (χ1v) is 6.26. The van der Waals surface area contributed by atoms with E-state index in [-0.39, 0.29) is 5.56 Å². The van der Waals surface area contributed by atoms with Crippen LogP contribution in [0.1, 0.15) is 12.8 Å². The van der Waals surface area contributed by atoms with E-state index < -0.39 is 0 Å². The van der Waals surface area contributed by atoms with Gasteiger partial charge in [-0.05, 0) is 54.4 Å². The Balaban J connectivity index is 2.09. The monoisotopic (exact) mass is 319 g/mol. The van der Waals surface area contributed by atoms with E-state index in [2.05, 4.69) is 10.3 Å². The molecule has 2 rings (SSSR count). The van der Waals surface area contributed by atoms with Gasteiger partial charge in [0.05, 0.1) is 9.90 Å². The highest BCUT2D eigenvalue weighted by molar-refractivity contribution is 14.1. The van der Waals surface area contributed by atoms with E-state index in [1.807, 2.05) is 22.6 Å². The number of piperidine rings is 1. The second kappa shape index (κ2) is 5.07. The second-order valence-corrected chi connectivity index (χ2v) is 5.05. The maximum Gasteiger partial charge on any atom is 0.266 e. The number of hydrogen-bond acceptors (Lipinski definition) is 3. The van der Waals surface area contributed by atoms with Crippen molar-refractivity contribution in [3.05, 3.63) is 26.4 Å². The van der Waals surface area contributed by atoms with Gasteiger partial charge in [0, 0.05) is 12.7 Å². The van der Waals surface area contributed by atoms with Crippen molar-refractivity contribution in [3.8, 4) is 0 Å². The minimum absolute atomic E-state index is 0.0872. The third-order valence-electron chi connectivity index (χ3n) is 2.77. The van der Waals surface area contributed by atoms with Crippen LogP contribution in [-0.4, -0.2) is 22.6 Å². The summed E-state index contributed by atoms with van der Waals surface area (Å²) in [5.74, 6) is 0.615. The van der Waals surface area contributed by atoms with Crippen molar-refractivity contribution in [3.63, 3.8) is 0 Å². The Morgan fingerprint density at radius 1 is 1.53 bits per heavy atom. The molecule has 4 nitrogen and oxygen atoms in total. The molecule has 1 aliphatic rings. The highest BCUT2D eigenvalue weighted by atomic mass is 127. The lowest BCUT2D eigenvalue weighted by Gasteiger charge is -2.22. The lowest BCUT2D eigenvalue weighted by molar-refractivity contribution is 0.328. The molecule has 1 fully saturated rings. The van der Waals surface area contributed by atoms with E-state index in [1.165, 1.54) is 0 Å². The number of hydrogen-bond donors (Lipinski definition) is 1. The SMILES string of the molecule is O=c1c(I)cncn1CC1CCNCC1. The Bertz CT molecular complexity index is 384. The number of aromatic nitrogens is 2. The summed E-state index contributed by atoms with van der Waals surface area (Å²) in [4.78, 5) is 15.8. The second-order valence-electron chi connectivity index (χ2n) is 3.89. The summed E-state index contributed by atoms with van der Waals surface area (Å²) in [6, 6.07) is 0. The molecule has 0 amide bonds. The van der Waals surface area contributed by atoms with E-state index in [1.54, 1.807) is 17.1 Å². The van der Waals surface area contributed by atoms with Crippen LogP contribution in [0.3, 0.4) is 0 Å². The minimum atomic E-state index is 0.0872. The van der Waals surface area contributed by atoms with Gasteiger partial charge in [0.1, 0.15) is 0 Å². The van der Waals surface area contributed by atoms with Crippen molar-refractivity contribution >= 4 is 22.6 Å². The van der Waals surface area contributed by atoms with Gasteiger partial charge in [0.25, 0.3) is 5.56 Å². The molecule has 1 aliphatic heterocycles. The molecule has 0 atom stereocenters. The third-order valence-corrected chi connectivity index (χ3v) is 3.51. The summed E-state index contributed by atoms with van der Waals surface area (Å²) in [6.45, 7) is 2.94. The molecule has 0 spiro atoms. The van der Waals surface area contributed by atoms with Gasteiger partial charge in [0.2, 0.25) is 0 Å². The lowest BCUT2D eigenvalue weighted by Crippen LogP contribution is -2.33. The van der Waals surface area contributed by atoms with Crippen molar-refractivity contribution in [2.24, 2.45) is 5.92 Å². The maximum absolute atomic E-state index is 11.7. The van der Waals surface area contributed by atoms with Gasteiger partial charge >= 0.3 is 0 Å². The Morgan fingerprint density at radius 2 is 2.27 bits per heavy atom. The van der Waals surface area contributed by atoms with E-state index in [0.29, 0.717) is 9.49 Å². The van der Waals surface area contributed by atoms with Crippen LogP contribution in [0.2, 0.25) is 0 Å². The first-order chi connectivity index (χ1) is 7.27. The van der Waals surface area contributed by atoms with Gasteiger partial charge in [-0.1, -0.05) is 0 Å². The van der Waals surface area contributed by atoms with Crippen molar-refractivity contribution in [2.45, 2.75) is 19.4 Å². The van der Waals surface area contributed by atoms with Crippen LogP contribution in [-0.2, 0) is 6.54 Å². The molecule has 1 aromatic rings. The van der Waals surface area contributed by atoms with Gasteiger partial charge in [0.15, 0.2) is 0 Å². The average molecular weight is 319 g/mol. The standard InChI is InChI=1S/C10H14IN3O/c11-9-5-13-7-14(10(9)15)6-8-1-3-12-4-2-8/h5,7-8,12H,1-4,6H2. The van der Waals surface area contributed by atoms with Gasteiger partial charge in [-0.3, -0.25) is 9.36 Å². The highest BCUT2D eigenvalue weighted by Crippen LogP contribution is 2.13. The normalized spacial score (nSPS) is 17.9. The van der Waals surface area contributed by atoms with E-state index in [9.17, 15) is 4.79 Å². The van der Waals surface area contributed by atoms with Crippen LogP contribution in [0.4, 0.5) is 0 Å². The topological polar surface area (TPSA) is 46.9 Å². The fraction of sp³-hybridized carbons (Fsp3) is 0.600.